The van der Waals surface area contributed by atoms with Crippen LogP contribution in [0.4, 0.5) is 5.69 Å². The van der Waals surface area contributed by atoms with Crippen molar-refractivity contribution in [2.45, 2.75) is 24.9 Å². The van der Waals surface area contributed by atoms with Crippen molar-refractivity contribution in [2.75, 3.05) is 32.1 Å². The molecule has 4 nitrogen and oxygen atoms in total. The maximum absolute atomic E-state index is 12.5. The second-order valence-electron chi connectivity index (χ2n) is 5.37. The normalized spacial score (nSPS) is 24.9. The topological polar surface area (TPSA) is 41.6 Å². The minimum absolute atomic E-state index is 0.0531. The number of carbonyl (C=O) groups is 1. The molecule has 1 aromatic rings. The van der Waals surface area contributed by atoms with Crippen LogP contribution >= 0.6 is 0 Å². The van der Waals surface area contributed by atoms with Gasteiger partial charge in [0.05, 0.1) is 12.0 Å². The number of amides is 1. The van der Waals surface area contributed by atoms with E-state index in [0.29, 0.717) is 13.1 Å². The van der Waals surface area contributed by atoms with Crippen molar-refractivity contribution in [2.24, 2.45) is 0 Å². The number of hydrogen-bond acceptors (Lipinski definition) is 3. The van der Waals surface area contributed by atoms with Crippen LogP contribution in [0.15, 0.2) is 24.3 Å². The fourth-order valence-corrected chi connectivity index (χ4v) is 2.95. The molecule has 0 radical (unpaired) electrons. The summed E-state index contributed by atoms with van der Waals surface area (Å²) in [5, 5.41) is 3.30. The Bertz CT molecular complexity index is 469. The summed E-state index contributed by atoms with van der Waals surface area (Å²) in [5.41, 5.74) is 2.21. The van der Waals surface area contributed by atoms with E-state index in [4.69, 9.17) is 4.74 Å². The third kappa shape index (κ3) is 2.45. The lowest BCUT2D eigenvalue weighted by molar-refractivity contribution is -0.132. The number of benzene rings is 1. The second kappa shape index (κ2) is 5.21. The molecule has 0 aromatic heterocycles. The second-order valence-corrected chi connectivity index (χ2v) is 5.37. The quantitative estimate of drug-likeness (QED) is 0.901. The van der Waals surface area contributed by atoms with Crippen molar-refractivity contribution < 1.29 is 9.53 Å². The Morgan fingerprint density at radius 2 is 2.32 bits per heavy atom. The Morgan fingerprint density at radius 3 is 3.11 bits per heavy atom. The van der Waals surface area contributed by atoms with Crippen molar-refractivity contribution in [1.29, 1.82) is 0 Å². The molecule has 0 aliphatic carbocycles. The standard InChI is InChI=1S/C15H20N2O2/c1-17(10-11-5-4-8-19-11)15(18)13-9-16-14-7-3-2-6-12(13)14/h2-3,6-7,11,13,16H,4-5,8-10H2,1H3. The Hall–Kier alpha value is -1.55. The van der Waals surface area contributed by atoms with Gasteiger partial charge in [-0.15, -0.1) is 0 Å². The molecule has 1 fully saturated rings. The van der Waals surface area contributed by atoms with Crippen molar-refractivity contribution >= 4 is 11.6 Å². The molecule has 2 aliphatic rings. The largest absolute Gasteiger partial charge is 0.384 e. The number of ether oxygens (including phenoxy) is 1. The highest BCUT2D eigenvalue weighted by Crippen LogP contribution is 2.32. The summed E-state index contributed by atoms with van der Waals surface area (Å²) < 4.78 is 5.60. The zero-order valence-electron chi connectivity index (χ0n) is 11.3. The van der Waals surface area contributed by atoms with Gasteiger partial charge in [0.2, 0.25) is 5.91 Å². The van der Waals surface area contributed by atoms with E-state index in [1.165, 1.54) is 0 Å². The smallest absolute Gasteiger partial charge is 0.231 e. The third-order valence-electron chi connectivity index (χ3n) is 4.01. The van der Waals surface area contributed by atoms with E-state index in [1.807, 2.05) is 36.2 Å². The molecule has 1 N–H and O–H groups in total. The summed E-state index contributed by atoms with van der Waals surface area (Å²) in [5.74, 6) is 0.135. The third-order valence-corrected chi connectivity index (χ3v) is 4.01. The predicted octanol–water partition coefficient (Wildman–Crippen LogP) is 1.83. The van der Waals surface area contributed by atoms with Gasteiger partial charge in [-0.05, 0) is 24.5 Å². The maximum Gasteiger partial charge on any atom is 0.231 e. The minimum Gasteiger partial charge on any atom is -0.384 e. The van der Waals surface area contributed by atoms with Crippen LogP contribution in [-0.2, 0) is 9.53 Å². The van der Waals surface area contributed by atoms with Crippen molar-refractivity contribution in [3.8, 4) is 0 Å². The highest BCUT2D eigenvalue weighted by atomic mass is 16.5. The summed E-state index contributed by atoms with van der Waals surface area (Å²) in [6, 6.07) is 8.06. The molecular weight excluding hydrogens is 240 g/mol. The molecule has 3 rings (SSSR count). The SMILES string of the molecule is CN(CC1CCCO1)C(=O)C1CNc2ccccc21. The van der Waals surface area contributed by atoms with Gasteiger partial charge >= 0.3 is 0 Å². The van der Waals surface area contributed by atoms with Gasteiger partial charge in [-0.2, -0.15) is 0 Å². The fraction of sp³-hybridized carbons (Fsp3) is 0.533. The van der Waals surface area contributed by atoms with E-state index < -0.39 is 0 Å². The van der Waals surface area contributed by atoms with E-state index in [0.717, 1.165) is 30.7 Å². The molecule has 4 heteroatoms. The first kappa shape index (κ1) is 12.5. The van der Waals surface area contributed by atoms with Crippen LogP contribution in [0.2, 0.25) is 0 Å². The number of para-hydroxylation sites is 1. The number of fused-ring (bicyclic) bond motifs is 1. The summed E-state index contributed by atoms with van der Waals surface area (Å²) in [4.78, 5) is 14.4. The highest BCUT2D eigenvalue weighted by molar-refractivity contribution is 5.88. The van der Waals surface area contributed by atoms with E-state index in [2.05, 4.69) is 5.32 Å². The van der Waals surface area contributed by atoms with Crippen LogP contribution in [0, 0.1) is 0 Å². The zero-order valence-corrected chi connectivity index (χ0v) is 11.3. The lowest BCUT2D eigenvalue weighted by atomic mass is 10.00. The number of carbonyl (C=O) groups excluding carboxylic acids is 1. The van der Waals surface area contributed by atoms with Gasteiger partial charge in [0.1, 0.15) is 0 Å². The van der Waals surface area contributed by atoms with E-state index in [9.17, 15) is 4.79 Å². The maximum atomic E-state index is 12.5. The van der Waals surface area contributed by atoms with E-state index in [-0.39, 0.29) is 17.9 Å². The number of rotatable bonds is 3. The van der Waals surface area contributed by atoms with Gasteiger partial charge in [0, 0.05) is 32.4 Å². The molecule has 1 amide bonds. The molecule has 2 aliphatic heterocycles. The van der Waals surface area contributed by atoms with Crippen LogP contribution in [0.1, 0.15) is 24.3 Å². The first-order valence-corrected chi connectivity index (χ1v) is 6.95. The summed E-state index contributed by atoms with van der Waals surface area (Å²) in [6.45, 7) is 2.24. The Kier molecular flexibility index (Phi) is 3.42. The van der Waals surface area contributed by atoms with Gasteiger partial charge in [-0.1, -0.05) is 18.2 Å². The van der Waals surface area contributed by atoms with Gasteiger partial charge in [0.15, 0.2) is 0 Å². The molecule has 0 spiro atoms. The summed E-state index contributed by atoms with van der Waals surface area (Å²) >= 11 is 0. The monoisotopic (exact) mass is 260 g/mol. The minimum atomic E-state index is -0.0531. The van der Waals surface area contributed by atoms with Gasteiger partial charge in [-0.3, -0.25) is 4.79 Å². The average Bonchev–Trinajstić information content (AvgIpc) is 3.06. The van der Waals surface area contributed by atoms with Crippen LogP contribution in [0.5, 0.6) is 0 Å². The van der Waals surface area contributed by atoms with Crippen molar-refractivity contribution in [3.63, 3.8) is 0 Å². The lowest BCUT2D eigenvalue weighted by Gasteiger charge is -2.23. The van der Waals surface area contributed by atoms with E-state index >= 15 is 0 Å². The molecule has 2 atom stereocenters. The molecular formula is C15H20N2O2. The number of nitrogens with zero attached hydrogens (tertiary/aromatic N) is 1. The first-order valence-electron chi connectivity index (χ1n) is 6.95. The highest BCUT2D eigenvalue weighted by Gasteiger charge is 2.31. The van der Waals surface area contributed by atoms with Crippen LogP contribution in [0.3, 0.4) is 0 Å². The fourth-order valence-electron chi connectivity index (χ4n) is 2.95. The molecule has 0 bridgehead atoms. The van der Waals surface area contributed by atoms with Gasteiger partial charge in [-0.25, -0.2) is 0 Å². The molecule has 1 aromatic carbocycles. The summed E-state index contributed by atoms with van der Waals surface area (Å²) in [7, 11) is 1.88. The molecule has 0 saturated carbocycles. The number of nitrogens with one attached hydrogen (secondary N) is 1. The van der Waals surface area contributed by atoms with Crippen LogP contribution in [0.25, 0.3) is 0 Å². The first-order chi connectivity index (χ1) is 9.25. The van der Waals surface area contributed by atoms with Crippen LogP contribution < -0.4 is 5.32 Å². The van der Waals surface area contributed by atoms with E-state index in [1.54, 1.807) is 0 Å². The Labute approximate surface area is 113 Å². The number of likely N-dealkylation sites (N-methyl/N-ethyl adjacent to an activating group) is 1. The van der Waals surface area contributed by atoms with Crippen molar-refractivity contribution in [1.82, 2.24) is 4.90 Å². The summed E-state index contributed by atoms with van der Waals surface area (Å²) in [6.07, 6.45) is 2.40. The Balaban J connectivity index is 1.67. The Morgan fingerprint density at radius 1 is 1.47 bits per heavy atom. The molecule has 102 valence electrons. The molecule has 19 heavy (non-hydrogen) atoms. The van der Waals surface area contributed by atoms with Crippen molar-refractivity contribution in [3.05, 3.63) is 29.8 Å². The number of anilines is 1. The lowest BCUT2D eigenvalue weighted by Crippen LogP contribution is -2.37. The molecule has 2 heterocycles. The van der Waals surface area contributed by atoms with Crippen LogP contribution in [-0.4, -0.2) is 43.7 Å². The number of hydrogen-bond donors (Lipinski definition) is 1. The average molecular weight is 260 g/mol. The van der Waals surface area contributed by atoms with Gasteiger partial charge in [0.25, 0.3) is 0 Å². The van der Waals surface area contributed by atoms with Gasteiger partial charge < -0.3 is 15.0 Å². The zero-order chi connectivity index (χ0) is 13.2. The molecule has 1 saturated heterocycles. The molecule has 2 unspecified atom stereocenters. The predicted molar refractivity (Wildman–Crippen MR) is 74.3 cm³/mol.